The van der Waals surface area contributed by atoms with Crippen LogP contribution in [0.3, 0.4) is 0 Å². The monoisotopic (exact) mass is 250 g/mol. The van der Waals surface area contributed by atoms with Crippen LogP contribution in [0.1, 0.15) is 64.1 Å². The first-order chi connectivity index (χ1) is 8.80. The van der Waals surface area contributed by atoms with E-state index in [0.717, 1.165) is 31.0 Å². The zero-order valence-corrected chi connectivity index (χ0v) is 11.9. The summed E-state index contributed by atoms with van der Waals surface area (Å²) in [6.07, 6.45) is 7.06. The van der Waals surface area contributed by atoms with Gasteiger partial charge in [0.05, 0.1) is 6.04 Å². The minimum atomic E-state index is 0.501. The lowest BCUT2D eigenvalue weighted by molar-refractivity contribution is 0.244. The van der Waals surface area contributed by atoms with Gasteiger partial charge in [-0.25, -0.2) is 9.67 Å². The van der Waals surface area contributed by atoms with Crippen molar-refractivity contribution in [3.63, 3.8) is 0 Å². The number of hydrogen-bond acceptors (Lipinski definition) is 3. The van der Waals surface area contributed by atoms with E-state index in [4.69, 9.17) is 5.10 Å². The molecule has 0 radical (unpaired) electrons. The number of nitrogens with zero attached hydrogens (tertiary/aromatic N) is 3. The van der Waals surface area contributed by atoms with E-state index in [1.807, 2.05) is 0 Å². The van der Waals surface area contributed by atoms with Crippen molar-refractivity contribution in [2.24, 2.45) is 0 Å². The first-order valence-corrected chi connectivity index (χ1v) is 7.47. The second-order valence-electron chi connectivity index (χ2n) is 5.11. The number of nitrogens with one attached hydrogen (secondary N) is 1. The van der Waals surface area contributed by atoms with Crippen LogP contribution >= 0.6 is 0 Å². The normalized spacial score (nSPS) is 24.4. The molecule has 0 aliphatic heterocycles. The molecule has 102 valence electrons. The summed E-state index contributed by atoms with van der Waals surface area (Å²) in [4.78, 5) is 4.64. The van der Waals surface area contributed by atoms with Gasteiger partial charge in [-0.05, 0) is 19.4 Å². The van der Waals surface area contributed by atoms with Crippen LogP contribution in [-0.4, -0.2) is 27.4 Å². The molecule has 1 fully saturated rings. The average Bonchev–Trinajstić information content (AvgIpc) is 2.83. The van der Waals surface area contributed by atoms with Crippen LogP contribution in [0, 0.1) is 0 Å². The molecule has 18 heavy (non-hydrogen) atoms. The highest BCUT2D eigenvalue weighted by atomic mass is 15.4. The van der Waals surface area contributed by atoms with Crippen LogP contribution in [-0.2, 0) is 12.8 Å². The zero-order chi connectivity index (χ0) is 13.0. The Balaban J connectivity index is 2.23. The molecule has 4 nitrogen and oxygen atoms in total. The van der Waals surface area contributed by atoms with Crippen molar-refractivity contribution >= 4 is 0 Å². The molecule has 2 atom stereocenters. The fourth-order valence-corrected chi connectivity index (χ4v) is 2.97. The van der Waals surface area contributed by atoms with Crippen LogP contribution in [0.5, 0.6) is 0 Å². The van der Waals surface area contributed by atoms with Crippen LogP contribution < -0.4 is 5.32 Å². The van der Waals surface area contributed by atoms with E-state index in [0.29, 0.717) is 12.1 Å². The Kier molecular flexibility index (Phi) is 4.75. The van der Waals surface area contributed by atoms with E-state index < -0.39 is 0 Å². The Morgan fingerprint density at radius 2 is 1.94 bits per heavy atom. The molecular formula is C14H26N4. The second kappa shape index (κ2) is 6.32. The largest absolute Gasteiger partial charge is 0.312 e. The number of aryl methyl sites for hydroxylation is 2. The van der Waals surface area contributed by atoms with Crippen molar-refractivity contribution in [2.45, 2.75) is 71.4 Å². The minimum Gasteiger partial charge on any atom is -0.312 e. The summed E-state index contributed by atoms with van der Waals surface area (Å²) in [5.74, 6) is 2.15. The maximum atomic E-state index is 4.72. The highest BCUT2D eigenvalue weighted by Crippen LogP contribution is 2.29. The third-order valence-corrected chi connectivity index (χ3v) is 3.89. The first kappa shape index (κ1) is 13.5. The number of aromatic nitrogens is 3. The molecule has 2 rings (SSSR count). The van der Waals surface area contributed by atoms with Crippen molar-refractivity contribution in [1.29, 1.82) is 0 Å². The molecule has 0 spiro atoms. The molecule has 4 heteroatoms. The van der Waals surface area contributed by atoms with Crippen molar-refractivity contribution in [2.75, 3.05) is 6.54 Å². The van der Waals surface area contributed by atoms with Gasteiger partial charge < -0.3 is 5.32 Å². The summed E-state index contributed by atoms with van der Waals surface area (Å²) in [6, 6.07) is 1.07. The lowest BCUT2D eigenvalue weighted by Crippen LogP contribution is -2.40. The lowest BCUT2D eigenvalue weighted by Gasteiger charge is -2.32. The summed E-state index contributed by atoms with van der Waals surface area (Å²) in [5, 5.41) is 8.34. The van der Waals surface area contributed by atoms with Gasteiger partial charge in [-0.3, -0.25) is 0 Å². The molecule has 1 aromatic rings. The fraction of sp³-hybridized carbons (Fsp3) is 0.857. The molecule has 1 N–H and O–H groups in total. The summed E-state index contributed by atoms with van der Waals surface area (Å²) < 4.78 is 2.21. The minimum absolute atomic E-state index is 0.501. The predicted molar refractivity (Wildman–Crippen MR) is 73.7 cm³/mol. The van der Waals surface area contributed by atoms with Gasteiger partial charge in [0.1, 0.15) is 5.82 Å². The molecule has 1 aliphatic rings. The molecule has 0 aromatic carbocycles. The summed E-state index contributed by atoms with van der Waals surface area (Å²) in [6.45, 7) is 7.52. The first-order valence-electron chi connectivity index (χ1n) is 7.47. The van der Waals surface area contributed by atoms with Crippen molar-refractivity contribution in [1.82, 2.24) is 20.1 Å². The Morgan fingerprint density at radius 3 is 2.61 bits per heavy atom. The van der Waals surface area contributed by atoms with Crippen LogP contribution in [0.2, 0.25) is 0 Å². The Morgan fingerprint density at radius 1 is 1.17 bits per heavy atom. The second-order valence-corrected chi connectivity index (χ2v) is 5.11. The lowest BCUT2D eigenvalue weighted by atomic mass is 9.90. The van der Waals surface area contributed by atoms with Crippen LogP contribution in [0.25, 0.3) is 0 Å². The van der Waals surface area contributed by atoms with E-state index in [-0.39, 0.29) is 0 Å². The maximum Gasteiger partial charge on any atom is 0.150 e. The molecule has 1 aliphatic carbocycles. The fourth-order valence-electron chi connectivity index (χ4n) is 2.97. The highest BCUT2D eigenvalue weighted by molar-refractivity contribution is 4.98. The maximum absolute atomic E-state index is 4.72. The van der Waals surface area contributed by atoms with E-state index in [2.05, 4.69) is 35.8 Å². The third-order valence-electron chi connectivity index (χ3n) is 3.89. The molecular weight excluding hydrogens is 224 g/mol. The number of likely N-dealkylation sites (N-methyl/N-ethyl adjacent to an activating group) is 1. The highest BCUT2D eigenvalue weighted by Gasteiger charge is 2.28. The Bertz CT molecular complexity index is 370. The standard InChI is InChI=1S/C14H26N4/c1-4-13-16-14(5-2)18(17-13)12-10-8-7-9-11(12)15-6-3/h11-12,15H,4-10H2,1-3H3. The van der Waals surface area contributed by atoms with Crippen molar-refractivity contribution in [3.05, 3.63) is 11.6 Å². The van der Waals surface area contributed by atoms with Gasteiger partial charge in [-0.1, -0.05) is 33.6 Å². The Hall–Kier alpha value is -0.900. The number of hydrogen-bond donors (Lipinski definition) is 1. The SMILES string of the molecule is CCNC1CCCCC1n1nc(CC)nc1CC. The van der Waals surface area contributed by atoms with Crippen LogP contribution in [0.15, 0.2) is 0 Å². The van der Waals surface area contributed by atoms with Crippen molar-refractivity contribution < 1.29 is 0 Å². The molecule has 1 heterocycles. The topological polar surface area (TPSA) is 42.7 Å². The summed E-state index contributed by atoms with van der Waals surface area (Å²) in [7, 11) is 0. The predicted octanol–water partition coefficient (Wildman–Crippen LogP) is 2.50. The molecule has 0 saturated heterocycles. The van der Waals surface area contributed by atoms with E-state index in [1.54, 1.807) is 0 Å². The van der Waals surface area contributed by atoms with Gasteiger partial charge in [0.2, 0.25) is 0 Å². The van der Waals surface area contributed by atoms with Gasteiger partial charge >= 0.3 is 0 Å². The molecule has 1 aromatic heterocycles. The smallest absolute Gasteiger partial charge is 0.150 e. The van der Waals surface area contributed by atoms with E-state index >= 15 is 0 Å². The quantitative estimate of drug-likeness (QED) is 0.873. The van der Waals surface area contributed by atoms with Crippen LogP contribution in [0.4, 0.5) is 0 Å². The van der Waals surface area contributed by atoms with Crippen molar-refractivity contribution in [3.8, 4) is 0 Å². The van der Waals surface area contributed by atoms with Gasteiger partial charge in [-0.15, -0.1) is 0 Å². The van der Waals surface area contributed by atoms with Gasteiger partial charge in [-0.2, -0.15) is 5.10 Å². The third kappa shape index (κ3) is 2.74. The summed E-state index contributed by atoms with van der Waals surface area (Å²) >= 11 is 0. The molecule has 0 bridgehead atoms. The molecule has 0 amide bonds. The molecule has 1 saturated carbocycles. The van der Waals surface area contributed by atoms with Gasteiger partial charge in [0.25, 0.3) is 0 Å². The zero-order valence-electron chi connectivity index (χ0n) is 11.9. The number of rotatable bonds is 5. The Labute approximate surface area is 110 Å². The van der Waals surface area contributed by atoms with E-state index in [1.165, 1.54) is 25.7 Å². The summed E-state index contributed by atoms with van der Waals surface area (Å²) in [5.41, 5.74) is 0. The van der Waals surface area contributed by atoms with E-state index in [9.17, 15) is 0 Å². The molecule has 2 unspecified atom stereocenters. The van der Waals surface area contributed by atoms with Gasteiger partial charge in [0.15, 0.2) is 5.82 Å². The average molecular weight is 250 g/mol. The van der Waals surface area contributed by atoms with Gasteiger partial charge in [0, 0.05) is 18.9 Å².